The molecule has 0 spiro atoms. The van der Waals surface area contributed by atoms with Crippen LogP contribution in [0.1, 0.15) is 75.0 Å². The largest absolute Gasteiger partial charge is 0.492 e. The van der Waals surface area contributed by atoms with Crippen molar-refractivity contribution in [1.29, 1.82) is 0 Å². The van der Waals surface area contributed by atoms with E-state index in [-0.39, 0.29) is 61.5 Å². The molecule has 1 saturated heterocycles. The van der Waals surface area contributed by atoms with Gasteiger partial charge < -0.3 is 36.4 Å². The third kappa shape index (κ3) is 12.0. The number of hydrogen-bond donors (Lipinski definition) is 7. The molecule has 3 atom stereocenters. The minimum atomic E-state index is -3.46. The summed E-state index contributed by atoms with van der Waals surface area (Å²) < 4.78 is 32.1. The van der Waals surface area contributed by atoms with E-state index in [0.29, 0.717) is 41.4 Å². The van der Waals surface area contributed by atoms with Gasteiger partial charge in [-0.1, -0.05) is 57.2 Å². The van der Waals surface area contributed by atoms with Crippen LogP contribution in [0.5, 0.6) is 5.75 Å². The number of sulfonamides is 1. The summed E-state index contributed by atoms with van der Waals surface area (Å²) in [6.07, 6.45) is 1.84. The van der Waals surface area contributed by atoms with Gasteiger partial charge in [0, 0.05) is 37.2 Å². The highest BCUT2D eigenvalue weighted by Crippen LogP contribution is 2.31. The molecule has 2 aromatic carbocycles. The first-order valence-electron chi connectivity index (χ1n) is 20.8. The van der Waals surface area contributed by atoms with Crippen LogP contribution in [0.2, 0.25) is 0 Å². The van der Waals surface area contributed by atoms with Crippen molar-refractivity contribution in [3.63, 3.8) is 0 Å². The van der Waals surface area contributed by atoms with Gasteiger partial charge in [0.1, 0.15) is 29.2 Å². The van der Waals surface area contributed by atoms with E-state index in [0.717, 1.165) is 21.7 Å². The Bertz CT molecular complexity index is 2540. The zero-order chi connectivity index (χ0) is 46.2. The molecular weight excluding hydrogens is 861 g/mol. The molecule has 64 heavy (non-hydrogen) atoms. The molecule has 6 rings (SSSR count). The van der Waals surface area contributed by atoms with E-state index >= 15 is 0 Å². The van der Waals surface area contributed by atoms with E-state index in [1.807, 2.05) is 52.0 Å². The van der Waals surface area contributed by atoms with Crippen LogP contribution in [-0.2, 0) is 31.0 Å². The Morgan fingerprint density at radius 1 is 1.02 bits per heavy atom. The first kappa shape index (κ1) is 47.1. The number of carbonyl (C=O) groups excluding carboxylic acids is 4. The Labute approximate surface area is 375 Å². The minimum Gasteiger partial charge on any atom is -0.492 e. The molecule has 340 valence electrons. The van der Waals surface area contributed by atoms with Crippen LogP contribution < -0.4 is 31.1 Å². The van der Waals surface area contributed by atoms with Gasteiger partial charge >= 0.3 is 0 Å². The number of benzene rings is 2. The molecule has 1 fully saturated rings. The Hall–Kier alpha value is -6.38. The number of amides is 4. The maximum absolute atomic E-state index is 14.0. The van der Waals surface area contributed by atoms with Crippen LogP contribution in [0.4, 0.5) is 17.3 Å². The molecule has 1 aliphatic heterocycles. The van der Waals surface area contributed by atoms with E-state index in [1.165, 1.54) is 18.0 Å². The Balaban J connectivity index is 0.958. The second-order valence-corrected chi connectivity index (χ2v) is 19.4. The molecule has 3 aromatic heterocycles. The Morgan fingerprint density at radius 2 is 1.73 bits per heavy atom. The molecule has 0 radical (unpaired) electrons. The summed E-state index contributed by atoms with van der Waals surface area (Å²) in [4.78, 5) is 64.2. The molecule has 0 unspecified atom stereocenters. The number of nitrogens with two attached hydrogens (primary N) is 1. The minimum absolute atomic E-state index is 0.0190. The molecule has 1 aliphatic rings. The number of aromatic amines is 1. The van der Waals surface area contributed by atoms with Gasteiger partial charge in [0.25, 0.3) is 5.91 Å². The molecule has 18 nitrogen and oxygen atoms in total. The predicted octanol–water partition coefficient (Wildman–Crippen LogP) is 4.87. The number of hydrogen-bond acceptors (Lipinski definition) is 13. The molecule has 0 aliphatic carbocycles. The first-order chi connectivity index (χ1) is 30.4. The number of H-pyrrole nitrogens is 1. The van der Waals surface area contributed by atoms with Gasteiger partial charge in [0.2, 0.25) is 27.7 Å². The lowest BCUT2D eigenvalue weighted by atomic mass is 9.85. The van der Waals surface area contributed by atoms with Gasteiger partial charge in [-0.05, 0) is 67.5 Å². The van der Waals surface area contributed by atoms with Gasteiger partial charge in [-0.3, -0.25) is 29.0 Å². The summed E-state index contributed by atoms with van der Waals surface area (Å²) in [6, 6.07) is 15.7. The topological polar surface area (TPSA) is 264 Å². The number of aryl methyl sites for hydroxylation is 1. The number of nitrogens with zero attached hydrogens (tertiary/aromatic N) is 4. The Kier molecular flexibility index (Phi) is 15.0. The average molecular weight is 915 g/mol. The summed E-state index contributed by atoms with van der Waals surface area (Å²) >= 11 is 1.56. The number of primary amides is 1. The maximum Gasteiger partial charge on any atom is 0.254 e. The van der Waals surface area contributed by atoms with Gasteiger partial charge in [-0.2, -0.15) is 5.10 Å². The number of aromatic nitrogens is 4. The van der Waals surface area contributed by atoms with Crippen LogP contribution in [-0.4, -0.2) is 99.3 Å². The van der Waals surface area contributed by atoms with Crippen molar-refractivity contribution in [2.45, 2.75) is 85.0 Å². The number of unbranched alkanes of at least 4 members (excludes halogenated alkanes) is 1. The van der Waals surface area contributed by atoms with Crippen LogP contribution in [0.3, 0.4) is 0 Å². The lowest BCUT2D eigenvalue weighted by molar-refractivity contribution is -0.144. The van der Waals surface area contributed by atoms with Crippen molar-refractivity contribution in [3.8, 4) is 27.4 Å². The summed E-state index contributed by atoms with van der Waals surface area (Å²) in [5, 5.41) is 26.4. The van der Waals surface area contributed by atoms with Gasteiger partial charge in [0.15, 0.2) is 5.82 Å². The third-order valence-corrected chi connectivity index (χ3v) is 12.9. The molecule has 0 bridgehead atoms. The first-order valence-corrected chi connectivity index (χ1v) is 23.4. The smallest absolute Gasteiger partial charge is 0.254 e. The highest BCUT2D eigenvalue weighted by Gasteiger charge is 2.44. The van der Waals surface area contributed by atoms with Crippen molar-refractivity contribution in [2.24, 2.45) is 11.1 Å². The third-order valence-electron chi connectivity index (χ3n) is 10.6. The van der Waals surface area contributed by atoms with E-state index in [9.17, 15) is 32.7 Å². The summed E-state index contributed by atoms with van der Waals surface area (Å²) in [7, 11) is -3.46. The van der Waals surface area contributed by atoms with Gasteiger partial charge in [-0.25, -0.2) is 18.4 Å². The van der Waals surface area contributed by atoms with Crippen molar-refractivity contribution in [2.75, 3.05) is 28.9 Å². The van der Waals surface area contributed by atoms with E-state index in [4.69, 9.17) is 10.5 Å². The van der Waals surface area contributed by atoms with Crippen LogP contribution in [0.15, 0.2) is 72.4 Å². The van der Waals surface area contributed by atoms with E-state index in [2.05, 4.69) is 40.8 Å². The zero-order valence-corrected chi connectivity index (χ0v) is 37.9. The van der Waals surface area contributed by atoms with Crippen molar-refractivity contribution < 1.29 is 37.4 Å². The average Bonchev–Trinajstić information content (AvgIpc) is 4.00. The number of nitrogens with one attached hydrogen (secondary N) is 5. The highest BCUT2D eigenvalue weighted by molar-refractivity contribution is 7.92. The van der Waals surface area contributed by atoms with E-state index < -0.39 is 45.4 Å². The number of β-amino-alcohol motifs (C(OH)–C–C–N with tert-alkyl or cyclic N) is 1. The predicted molar refractivity (Wildman–Crippen MR) is 244 cm³/mol. The molecule has 20 heteroatoms. The fourth-order valence-electron chi connectivity index (χ4n) is 7.09. The quantitative estimate of drug-likeness (QED) is 0.0548. The lowest BCUT2D eigenvalue weighted by Crippen LogP contribution is -2.57. The van der Waals surface area contributed by atoms with E-state index in [1.54, 1.807) is 53.2 Å². The van der Waals surface area contributed by atoms with Crippen LogP contribution >= 0.6 is 11.3 Å². The van der Waals surface area contributed by atoms with Crippen LogP contribution in [0.25, 0.3) is 21.7 Å². The second-order valence-electron chi connectivity index (χ2n) is 16.5. The molecule has 0 saturated carbocycles. The number of pyridine rings is 1. The normalized spacial score (nSPS) is 15.6. The number of aliphatic hydroxyl groups excluding tert-OH is 1. The maximum atomic E-state index is 14.0. The standard InChI is InChI=1S/C44H54N10O8S2/c1-6-64(60,61)53-30-16-14-28(15-17-30)37-36(40(45)57)41(52-51-37)49-34-19-18-32(23-46-34)62-20-8-7-9-35(56)50-39(44(3,4)5)43(59)54-24-31(55)21-33(54)42(58)47-22-27-10-12-29(13-11-27)38-26(2)48-25-63-38/h10-19,23,25,31,33,39,53,55H,6-9,20-22,24H2,1-5H3,(H2,45,57)(H,47,58)(H,50,56)(H2,46,49,51,52)/t31-,33+,39-/m1/s1. The van der Waals surface area contributed by atoms with Gasteiger partial charge in [0.05, 0.1) is 46.4 Å². The number of anilines is 3. The molecule has 4 heterocycles. The highest BCUT2D eigenvalue weighted by atomic mass is 32.2. The number of likely N-dealkylation sites (tertiary alicyclic amines) is 1. The number of aliphatic hydroxyl groups is 1. The number of ether oxygens (including phenoxy) is 1. The summed E-state index contributed by atoms with van der Waals surface area (Å²) in [5.74, 6) is -0.973. The molecule has 8 N–H and O–H groups in total. The van der Waals surface area contributed by atoms with Crippen molar-refractivity contribution in [1.82, 2.24) is 35.7 Å². The summed E-state index contributed by atoms with van der Waals surface area (Å²) in [6.45, 7) is 9.52. The zero-order valence-electron chi connectivity index (χ0n) is 36.3. The monoisotopic (exact) mass is 914 g/mol. The van der Waals surface area contributed by atoms with Crippen molar-refractivity contribution in [3.05, 3.63) is 89.2 Å². The number of rotatable bonds is 19. The molecular formula is C44H54N10O8S2. The molecule has 4 amide bonds. The SMILES string of the molecule is CCS(=O)(=O)Nc1ccc(-c2[nH]nc(Nc3ccc(OCCCCC(=O)N[C@H](C(=O)N4C[C@H](O)C[C@H]4C(=O)NCc4ccc(-c5scnc5C)cc4)C(C)(C)C)cn3)c2C(N)=O)cc1. The van der Waals surface area contributed by atoms with Gasteiger partial charge in [-0.15, -0.1) is 11.3 Å². The van der Waals surface area contributed by atoms with Crippen LogP contribution in [0, 0.1) is 12.3 Å². The Morgan fingerprint density at radius 3 is 2.36 bits per heavy atom. The number of thiazole rings is 1. The fraction of sp³-hybridized carbons (Fsp3) is 0.386. The lowest BCUT2D eigenvalue weighted by Gasteiger charge is -2.35. The summed E-state index contributed by atoms with van der Waals surface area (Å²) in [5.41, 5.74) is 11.1. The second kappa shape index (κ2) is 20.4. The van der Waals surface area contributed by atoms with Crippen molar-refractivity contribution >= 4 is 62.3 Å². The number of carbonyl (C=O) groups is 4. The fourth-order valence-corrected chi connectivity index (χ4v) is 8.54. The molecule has 5 aromatic rings.